The SMILES string of the molecule is CCC(=O)c1ccc(N2CCC(C(=O)N3CCN(C(C)C)CC3)C2)cc1.Cl. The number of piperazine rings is 1. The Morgan fingerprint density at radius 3 is 2.22 bits per heavy atom. The average molecular weight is 394 g/mol. The number of hydrogen-bond donors (Lipinski definition) is 0. The third-order valence-electron chi connectivity index (χ3n) is 5.77. The van der Waals surface area contributed by atoms with Crippen molar-refractivity contribution in [1.29, 1.82) is 0 Å². The fourth-order valence-corrected chi connectivity index (χ4v) is 3.98. The second kappa shape index (κ2) is 9.56. The summed E-state index contributed by atoms with van der Waals surface area (Å²) < 4.78 is 0. The minimum atomic E-state index is 0. The lowest BCUT2D eigenvalue weighted by Gasteiger charge is -2.37. The van der Waals surface area contributed by atoms with Gasteiger partial charge in [0.15, 0.2) is 5.78 Å². The minimum Gasteiger partial charge on any atom is -0.371 e. The molecule has 1 unspecified atom stereocenters. The molecule has 1 aromatic carbocycles. The van der Waals surface area contributed by atoms with Gasteiger partial charge in [-0.15, -0.1) is 12.4 Å². The van der Waals surface area contributed by atoms with Crippen LogP contribution >= 0.6 is 12.4 Å². The lowest BCUT2D eigenvalue weighted by atomic mass is 10.1. The van der Waals surface area contributed by atoms with E-state index in [0.717, 1.165) is 56.9 Å². The summed E-state index contributed by atoms with van der Waals surface area (Å²) >= 11 is 0. The van der Waals surface area contributed by atoms with Gasteiger partial charge in [-0.25, -0.2) is 0 Å². The van der Waals surface area contributed by atoms with Crippen molar-refractivity contribution in [3.05, 3.63) is 29.8 Å². The number of nitrogens with zero attached hydrogens (tertiary/aromatic N) is 3. The molecule has 1 amide bonds. The lowest BCUT2D eigenvalue weighted by molar-refractivity contribution is -0.136. The molecule has 6 heteroatoms. The van der Waals surface area contributed by atoms with E-state index in [4.69, 9.17) is 0 Å². The van der Waals surface area contributed by atoms with Gasteiger partial charge in [-0.2, -0.15) is 0 Å². The summed E-state index contributed by atoms with van der Waals surface area (Å²) in [6.45, 7) is 11.7. The molecule has 5 nitrogen and oxygen atoms in total. The third kappa shape index (κ3) is 5.02. The van der Waals surface area contributed by atoms with E-state index in [-0.39, 0.29) is 24.1 Å². The molecule has 0 aliphatic carbocycles. The number of rotatable bonds is 5. The van der Waals surface area contributed by atoms with Gasteiger partial charge in [0.05, 0.1) is 5.92 Å². The van der Waals surface area contributed by atoms with Gasteiger partial charge in [0, 0.05) is 63.0 Å². The molecule has 27 heavy (non-hydrogen) atoms. The summed E-state index contributed by atoms with van der Waals surface area (Å²) in [5.74, 6) is 0.581. The predicted molar refractivity (Wildman–Crippen MR) is 112 cm³/mol. The summed E-state index contributed by atoms with van der Waals surface area (Å²) in [6.07, 6.45) is 1.45. The van der Waals surface area contributed by atoms with Crippen molar-refractivity contribution in [1.82, 2.24) is 9.80 Å². The number of Topliss-reactive ketones (excluding diaryl/α,β-unsaturated/α-hetero) is 1. The monoisotopic (exact) mass is 393 g/mol. The fourth-order valence-electron chi connectivity index (χ4n) is 3.98. The zero-order valence-electron chi connectivity index (χ0n) is 16.7. The molecule has 0 bridgehead atoms. The molecule has 2 fully saturated rings. The first kappa shape index (κ1) is 21.7. The number of hydrogen-bond acceptors (Lipinski definition) is 4. The highest BCUT2D eigenvalue weighted by molar-refractivity contribution is 5.96. The van der Waals surface area contributed by atoms with Crippen LogP contribution in [0.2, 0.25) is 0 Å². The van der Waals surface area contributed by atoms with Gasteiger partial charge < -0.3 is 9.80 Å². The van der Waals surface area contributed by atoms with Gasteiger partial charge in [0.2, 0.25) is 5.91 Å². The van der Waals surface area contributed by atoms with E-state index in [1.807, 2.05) is 31.2 Å². The number of benzene rings is 1. The Morgan fingerprint density at radius 2 is 1.67 bits per heavy atom. The van der Waals surface area contributed by atoms with Gasteiger partial charge in [-0.05, 0) is 44.5 Å². The van der Waals surface area contributed by atoms with Crippen molar-refractivity contribution >= 4 is 29.8 Å². The molecular weight excluding hydrogens is 362 g/mol. The minimum absolute atomic E-state index is 0. The molecule has 2 aliphatic rings. The molecule has 1 atom stereocenters. The van der Waals surface area contributed by atoms with Crippen molar-refractivity contribution in [2.24, 2.45) is 5.92 Å². The van der Waals surface area contributed by atoms with Crippen LogP contribution in [0, 0.1) is 5.92 Å². The number of carbonyl (C=O) groups excluding carboxylic acids is 2. The van der Waals surface area contributed by atoms with E-state index >= 15 is 0 Å². The number of carbonyl (C=O) groups is 2. The Bertz CT molecular complexity index is 639. The van der Waals surface area contributed by atoms with Crippen LogP contribution in [0.3, 0.4) is 0 Å². The maximum Gasteiger partial charge on any atom is 0.227 e. The standard InChI is InChI=1S/C21H31N3O2.ClH/c1-4-20(25)17-5-7-19(8-6-17)24-10-9-18(15-24)21(26)23-13-11-22(12-14-23)16(2)3;/h5-8,16,18H,4,9-15H2,1-3H3;1H. The Balaban J connectivity index is 0.00000261. The number of amides is 1. The quantitative estimate of drug-likeness (QED) is 0.721. The number of halogens is 1. The second-order valence-corrected chi connectivity index (χ2v) is 7.71. The highest BCUT2D eigenvalue weighted by Gasteiger charge is 2.33. The van der Waals surface area contributed by atoms with Crippen molar-refractivity contribution in [2.45, 2.75) is 39.7 Å². The molecule has 2 aliphatic heterocycles. The Hall–Kier alpha value is -1.59. The predicted octanol–water partition coefficient (Wildman–Crippen LogP) is 3.08. The summed E-state index contributed by atoms with van der Waals surface area (Å²) in [6, 6.07) is 8.38. The Kier molecular flexibility index (Phi) is 7.68. The van der Waals surface area contributed by atoms with E-state index in [9.17, 15) is 9.59 Å². The fraction of sp³-hybridized carbons (Fsp3) is 0.619. The van der Waals surface area contributed by atoms with Crippen LogP contribution in [0.5, 0.6) is 0 Å². The molecule has 0 aromatic heterocycles. The Morgan fingerprint density at radius 1 is 1.04 bits per heavy atom. The number of ketones is 1. The largest absolute Gasteiger partial charge is 0.371 e. The Labute approximate surface area is 169 Å². The molecule has 1 aromatic rings. The first-order valence-corrected chi connectivity index (χ1v) is 9.90. The first-order valence-electron chi connectivity index (χ1n) is 9.90. The first-order chi connectivity index (χ1) is 12.5. The number of anilines is 1. The summed E-state index contributed by atoms with van der Waals surface area (Å²) in [5, 5.41) is 0. The molecule has 2 heterocycles. The van der Waals surface area contributed by atoms with Gasteiger partial charge in [0.25, 0.3) is 0 Å². The van der Waals surface area contributed by atoms with Gasteiger partial charge in [-0.1, -0.05) is 6.92 Å². The highest BCUT2D eigenvalue weighted by atomic mass is 35.5. The molecule has 2 saturated heterocycles. The van der Waals surface area contributed by atoms with Gasteiger partial charge >= 0.3 is 0 Å². The lowest BCUT2D eigenvalue weighted by Crippen LogP contribution is -2.52. The van der Waals surface area contributed by atoms with Crippen LogP contribution in [0.4, 0.5) is 5.69 Å². The van der Waals surface area contributed by atoms with Crippen LogP contribution in [-0.2, 0) is 4.79 Å². The molecular formula is C21H32ClN3O2. The van der Waals surface area contributed by atoms with E-state index in [1.54, 1.807) is 0 Å². The maximum absolute atomic E-state index is 12.9. The molecule has 0 spiro atoms. The van der Waals surface area contributed by atoms with Crippen molar-refractivity contribution in [3.8, 4) is 0 Å². The zero-order chi connectivity index (χ0) is 18.7. The third-order valence-corrected chi connectivity index (χ3v) is 5.77. The van der Waals surface area contributed by atoms with Crippen LogP contribution in [0.25, 0.3) is 0 Å². The van der Waals surface area contributed by atoms with Crippen LogP contribution in [0.1, 0.15) is 44.0 Å². The second-order valence-electron chi connectivity index (χ2n) is 7.71. The van der Waals surface area contributed by atoms with E-state index in [1.165, 1.54) is 0 Å². The zero-order valence-corrected chi connectivity index (χ0v) is 17.5. The summed E-state index contributed by atoms with van der Waals surface area (Å²) in [4.78, 5) is 31.4. The van der Waals surface area contributed by atoms with Crippen molar-refractivity contribution < 1.29 is 9.59 Å². The van der Waals surface area contributed by atoms with E-state index in [0.29, 0.717) is 18.4 Å². The molecule has 150 valence electrons. The summed E-state index contributed by atoms with van der Waals surface area (Å²) in [5.41, 5.74) is 1.88. The van der Waals surface area contributed by atoms with E-state index in [2.05, 4.69) is 28.5 Å². The highest BCUT2D eigenvalue weighted by Crippen LogP contribution is 2.26. The van der Waals surface area contributed by atoms with Crippen molar-refractivity contribution in [2.75, 3.05) is 44.2 Å². The molecule has 3 rings (SSSR count). The maximum atomic E-state index is 12.9. The van der Waals surface area contributed by atoms with E-state index < -0.39 is 0 Å². The average Bonchev–Trinajstić information content (AvgIpc) is 3.17. The van der Waals surface area contributed by atoms with Crippen LogP contribution < -0.4 is 4.90 Å². The van der Waals surface area contributed by atoms with Crippen LogP contribution in [0.15, 0.2) is 24.3 Å². The molecule has 0 radical (unpaired) electrons. The molecule has 0 N–H and O–H groups in total. The van der Waals surface area contributed by atoms with Crippen molar-refractivity contribution in [3.63, 3.8) is 0 Å². The summed E-state index contributed by atoms with van der Waals surface area (Å²) in [7, 11) is 0. The van der Waals surface area contributed by atoms with Gasteiger partial charge in [0.1, 0.15) is 0 Å². The smallest absolute Gasteiger partial charge is 0.227 e. The molecule has 0 saturated carbocycles. The van der Waals surface area contributed by atoms with Gasteiger partial charge in [-0.3, -0.25) is 14.5 Å². The normalized spacial score (nSPS) is 20.7. The van der Waals surface area contributed by atoms with Crippen LogP contribution in [-0.4, -0.2) is 66.8 Å². The topological polar surface area (TPSA) is 43.9 Å².